The number of fused-ring (bicyclic) bond motifs is 1. The van der Waals surface area contributed by atoms with Crippen LogP contribution in [0.3, 0.4) is 0 Å². The van der Waals surface area contributed by atoms with E-state index >= 15 is 0 Å². The van der Waals surface area contributed by atoms with E-state index in [1.807, 2.05) is 35.7 Å². The number of aromatic nitrogens is 4. The van der Waals surface area contributed by atoms with Crippen molar-refractivity contribution in [1.82, 2.24) is 19.6 Å². The number of aliphatic hydroxyl groups excluding tert-OH is 1. The van der Waals surface area contributed by atoms with Crippen LogP contribution < -0.4 is 4.90 Å². The Morgan fingerprint density at radius 2 is 1.88 bits per heavy atom. The minimum atomic E-state index is -0.958. The second kappa shape index (κ2) is 10.8. The van der Waals surface area contributed by atoms with Crippen LogP contribution in [0.2, 0.25) is 0 Å². The largest absolute Gasteiger partial charge is 0.505 e. The molecule has 3 aromatic heterocycles. The summed E-state index contributed by atoms with van der Waals surface area (Å²) in [6.07, 6.45) is 1.83. The smallest absolute Gasteiger partial charge is 0.301 e. The third kappa shape index (κ3) is 4.96. The highest BCUT2D eigenvalue weighted by molar-refractivity contribution is 9.10. The Kier molecular flexibility index (Phi) is 7.22. The first-order valence-corrected chi connectivity index (χ1v) is 15.0. The van der Waals surface area contributed by atoms with Crippen LogP contribution in [0, 0.1) is 19.7 Å². The Morgan fingerprint density at radius 3 is 2.61 bits per heavy atom. The monoisotopic (exact) mass is 649 g/mol. The summed E-state index contributed by atoms with van der Waals surface area (Å²) in [6.45, 7) is 3.71. The quantitative estimate of drug-likeness (QED) is 0.0725. The van der Waals surface area contributed by atoms with Gasteiger partial charge in [-0.1, -0.05) is 69.4 Å². The number of anilines is 1. The molecule has 0 radical (unpaired) electrons. The number of benzene rings is 2. The molecule has 8 nitrogen and oxygen atoms in total. The molecular formula is C29H21BrFN5O3S2. The van der Waals surface area contributed by atoms with E-state index in [1.54, 1.807) is 37.3 Å². The Labute approximate surface area is 250 Å². The van der Waals surface area contributed by atoms with Gasteiger partial charge in [0, 0.05) is 16.4 Å². The number of nitrogens with zero attached hydrogens (tertiary/aromatic N) is 5. The molecule has 5 aromatic rings. The van der Waals surface area contributed by atoms with Gasteiger partial charge < -0.3 is 9.51 Å². The molecule has 1 atom stereocenters. The van der Waals surface area contributed by atoms with E-state index in [2.05, 4.69) is 31.1 Å². The van der Waals surface area contributed by atoms with Gasteiger partial charge in [0.25, 0.3) is 5.78 Å². The number of imidazole rings is 1. The molecule has 1 amide bonds. The zero-order valence-electron chi connectivity index (χ0n) is 21.7. The van der Waals surface area contributed by atoms with E-state index in [4.69, 9.17) is 0 Å². The number of amides is 1. The van der Waals surface area contributed by atoms with E-state index < -0.39 is 17.7 Å². The number of aliphatic hydroxyl groups is 1. The highest BCUT2D eigenvalue weighted by Crippen LogP contribution is 2.44. The number of aryl methyl sites for hydroxylation is 2. The number of thioether (sulfide) groups is 1. The number of rotatable bonds is 6. The number of ketones is 1. The molecule has 1 unspecified atom stereocenters. The molecular weight excluding hydrogens is 629 g/mol. The number of hydrogen-bond acceptors (Lipinski definition) is 8. The molecule has 2 aromatic carbocycles. The predicted octanol–water partition coefficient (Wildman–Crippen LogP) is 6.62. The predicted molar refractivity (Wildman–Crippen MR) is 159 cm³/mol. The van der Waals surface area contributed by atoms with Gasteiger partial charge in [-0.15, -0.1) is 10.2 Å². The van der Waals surface area contributed by atoms with E-state index in [1.165, 1.54) is 28.8 Å². The molecule has 0 aliphatic carbocycles. The lowest BCUT2D eigenvalue weighted by Crippen LogP contribution is -2.29. The number of pyridine rings is 1. The van der Waals surface area contributed by atoms with E-state index in [0.717, 1.165) is 26.9 Å². The third-order valence-electron chi connectivity index (χ3n) is 6.79. The molecule has 1 aliphatic heterocycles. The summed E-state index contributed by atoms with van der Waals surface area (Å²) in [5, 5.41) is 20.3. The molecule has 1 N–H and O–H groups in total. The van der Waals surface area contributed by atoms with Crippen molar-refractivity contribution < 1.29 is 19.1 Å². The van der Waals surface area contributed by atoms with Gasteiger partial charge in [-0.05, 0) is 60.9 Å². The van der Waals surface area contributed by atoms with Crippen LogP contribution in [0.1, 0.15) is 34.1 Å². The third-order valence-corrected chi connectivity index (χ3v) is 9.41. The van der Waals surface area contributed by atoms with Crippen molar-refractivity contribution in [3.8, 4) is 0 Å². The molecule has 0 spiro atoms. The highest BCUT2D eigenvalue weighted by Gasteiger charge is 2.49. The first-order chi connectivity index (χ1) is 19.7. The number of hydrogen-bond donors (Lipinski definition) is 1. The minimum Gasteiger partial charge on any atom is -0.505 e. The maximum atomic E-state index is 13.6. The van der Waals surface area contributed by atoms with E-state index in [0.29, 0.717) is 27.0 Å². The lowest BCUT2D eigenvalue weighted by Gasteiger charge is -2.22. The second-order valence-electron chi connectivity index (χ2n) is 9.42. The Morgan fingerprint density at radius 1 is 1.10 bits per heavy atom. The lowest BCUT2D eigenvalue weighted by atomic mass is 9.96. The topological polar surface area (TPSA) is 101 Å². The molecule has 12 heteroatoms. The van der Waals surface area contributed by atoms with Gasteiger partial charge in [-0.25, -0.2) is 9.37 Å². The number of Topliss-reactive ketones (excluding diaryl/α,β-unsaturated/α-hetero) is 1. The van der Waals surface area contributed by atoms with Gasteiger partial charge in [-0.3, -0.25) is 14.5 Å². The molecule has 0 bridgehead atoms. The fraction of sp³-hybridized carbons (Fsp3) is 0.138. The average Bonchev–Trinajstić information content (AvgIpc) is 3.63. The normalized spacial score (nSPS) is 16.7. The fourth-order valence-electron chi connectivity index (χ4n) is 4.78. The Hall–Kier alpha value is -3.87. The van der Waals surface area contributed by atoms with Crippen LogP contribution in [0.15, 0.2) is 81.2 Å². The van der Waals surface area contributed by atoms with Gasteiger partial charge >= 0.3 is 5.91 Å². The van der Waals surface area contributed by atoms with Gasteiger partial charge in [0.05, 0.1) is 17.3 Å². The highest BCUT2D eigenvalue weighted by atomic mass is 79.9. The van der Waals surface area contributed by atoms with Crippen LogP contribution in [-0.2, 0) is 15.3 Å². The van der Waals surface area contributed by atoms with Crippen LogP contribution >= 0.6 is 39.0 Å². The summed E-state index contributed by atoms with van der Waals surface area (Å²) in [6, 6.07) is 16.2. The van der Waals surface area contributed by atoms with Gasteiger partial charge in [0.1, 0.15) is 17.2 Å². The zero-order valence-corrected chi connectivity index (χ0v) is 24.9. The molecule has 1 aliphatic rings. The molecule has 1 fully saturated rings. The summed E-state index contributed by atoms with van der Waals surface area (Å²) in [5.74, 6) is -1.80. The van der Waals surface area contributed by atoms with E-state index in [-0.39, 0.29) is 28.0 Å². The maximum absolute atomic E-state index is 13.6. The molecule has 1 saturated heterocycles. The first kappa shape index (κ1) is 27.3. The van der Waals surface area contributed by atoms with Gasteiger partial charge in [-0.2, -0.15) is 0 Å². The van der Waals surface area contributed by atoms with Gasteiger partial charge in [0.2, 0.25) is 5.13 Å². The molecule has 4 heterocycles. The number of carbonyl (C=O) groups is 2. The van der Waals surface area contributed by atoms with Crippen LogP contribution in [0.25, 0.3) is 11.4 Å². The SMILES string of the molecule is Cc1cccn2c(C)c(/C(O)=C3\C(=O)C(=O)N(c4nnc(SCc5ccc(F)cc5)s4)C3c3cccc(Br)c3)nc12. The van der Waals surface area contributed by atoms with Crippen molar-refractivity contribution in [2.45, 2.75) is 30.0 Å². The molecule has 6 rings (SSSR count). The van der Waals surface area contributed by atoms with Gasteiger partial charge in [0.15, 0.2) is 10.1 Å². The van der Waals surface area contributed by atoms with Crippen molar-refractivity contribution in [3.05, 3.63) is 111 Å². The minimum absolute atomic E-state index is 0.0759. The summed E-state index contributed by atoms with van der Waals surface area (Å²) >= 11 is 6.03. The standard InChI is InChI=1S/C29H21BrFN5O3S2/c1-15-5-4-12-35-16(2)22(32-26(15)35)24(37)21-23(18-6-3-7-19(30)13-18)36(27(39)25(21)38)28-33-34-29(41-28)40-14-17-8-10-20(31)11-9-17/h3-13,23,37H,14H2,1-2H3/b24-21+. The number of carbonyl (C=O) groups excluding carboxylic acids is 2. The fourth-order valence-corrected chi connectivity index (χ4v) is 7.02. The molecule has 206 valence electrons. The van der Waals surface area contributed by atoms with Crippen molar-refractivity contribution in [1.29, 1.82) is 0 Å². The van der Waals surface area contributed by atoms with Crippen molar-refractivity contribution in [2.75, 3.05) is 4.90 Å². The van der Waals surface area contributed by atoms with Crippen molar-refractivity contribution in [3.63, 3.8) is 0 Å². The summed E-state index contributed by atoms with van der Waals surface area (Å²) in [4.78, 5) is 33.0. The first-order valence-electron chi connectivity index (χ1n) is 12.4. The number of halogens is 2. The molecule has 0 saturated carbocycles. The summed E-state index contributed by atoms with van der Waals surface area (Å²) in [7, 11) is 0. The molecule has 41 heavy (non-hydrogen) atoms. The van der Waals surface area contributed by atoms with Crippen LogP contribution in [0.4, 0.5) is 9.52 Å². The lowest BCUT2D eigenvalue weighted by molar-refractivity contribution is -0.132. The van der Waals surface area contributed by atoms with Crippen LogP contribution in [0.5, 0.6) is 0 Å². The van der Waals surface area contributed by atoms with E-state index in [9.17, 15) is 19.1 Å². The Balaban J connectivity index is 1.43. The summed E-state index contributed by atoms with van der Waals surface area (Å²) < 4.78 is 16.4. The van der Waals surface area contributed by atoms with Crippen LogP contribution in [-0.4, -0.2) is 36.4 Å². The second-order valence-corrected chi connectivity index (χ2v) is 12.5. The Bertz CT molecular complexity index is 1870. The average molecular weight is 651 g/mol. The van der Waals surface area contributed by atoms with Crippen molar-refractivity contribution in [2.24, 2.45) is 0 Å². The maximum Gasteiger partial charge on any atom is 0.301 e. The van der Waals surface area contributed by atoms with Crippen molar-refractivity contribution >= 4 is 67.3 Å². The zero-order chi connectivity index (χ0) is 28.8. The summed E-state index contributed by atoms with van der Waals surface area (Å²) in [5.41, 5.74) is 3.84.